The van der Waals surface area contributed by atoms with E-state index in [0.29, 0.717) is 19.5 Å². The number of likely N-dealkylation sites (tertiary alicyclic amines) is 1. The fourth-order valence-electron chi connectivity index (χ4n) is 3.10. The van der Waals surface area contributed by atoms with Crippen molar-refractivity contribution >= 4 is 11.9 Å². The lowest BCUT2D eigenvalue weighted by Crippen LogP contribution is -2.39. The second-order valence-electron chi connectivity index (χ2n) is 6.80. The van der Waals surface area contributed by atoms with Crippen molar-refractivity contribution in [2.45, 2.75) is 52.0 Å². The van der Waals surface area contributed by atoms with Crippen LogP contribution in [0.2, 0.25) is 0 Å². The highest BCUT2D eigenvalue weighted by molar-refractivity contribution is 5.76. The normalized spacial score (nSPS) is 15.0. The number of amides is 3. The summed E-state index contributed by atoms with van der Waals surface area (Å²) in [6.45, 7) is 4.93. The van der Waals surface area contributed by atoms with Crippen molar-refractivity contribution in [2.75, 3.05) is 26.7 Å². The summed E-state index contributed by atoms with van der Waals surface area (Å²) in [7, 11) is 1.81. The molecule has 1 saturated heterocycles. The van der Waals surface area contributed by atoms with Crippen molar-refractivity contribution in [2.24, 2.45) is 0 Å². The summed E-state index contributed by atoms with van der Waals surface area (Å²) in [5.74, 6) is 0.261. The summed E-state index contributed by atoms with van der Waals surface area (Å²) >= 11 is 0. The van der Waals surface area contributed by atoms with Crippen molar-refractivity contribution in [3.8, 4) is 0 Å². The van der Waals surface area contributed by atoms with Crippen LogP contribution in [-0.4, -0.2) is 48.4 Å². The second-order valence-corrected chi connectivity index (χ2v) is 6.80. The van der Waals surface area contributed by atoms with Crippen molar-refractivity contribution in [1.82, 2.24) is 15.1 Å². The van der Waals surface area contributed by atoms with E-state index in [1.165, 1.54) is 5.56 Å². The molecule has 0 saturated carbocycles. The lowest BCUT2D eigenvalue weighted by molar-refractivity contribution is -0.130. The maximum Gasteiger partial charge on any atom is 0.317 e. The van der Waals surface area contributed by atoms with Crippen molar-refractivity contribution in [3.63, 3.8) is 0 Å². The molecule has 1 aliphatic rings. The fraction of sp³-hybridized carbons (Fsp3) is 0.600. The average molecular weight is 345 g/mol. The molecule has 1 aromatic rings. The van der Waals surface area contributed by atoms with Crippen molar-refractivity contribution in [1.29, 1.82) is 0 Å². The lowest BCUT2D eigenvalue weighted by atomic mass is 10.1. The molecule has 1 N–H and O–H groups in total. The molecule has 2 rings (SSSR count). The van der Waals surface area contributed by atoms with Crippen LogP contribution in [0.3, 0.4) is 0 Å². The van der Waals surface area contributed by atoms with Crippen LogP contribution in [0.4, 0.5) is 4.79 Å². The Morgan fingerprint density at radius 2 is 1.88 bits per heavy atom. The van der Waals surface area contributed by atoms with E-state index < -0.39 is 0 Å². The summed E-state index contributed by atoms with van der Waals surface area (Å²) in [5.41, 5.74) is 2.43. The molecule has 138 valence electrons. The van der Waals surface area contributed by atoms with E-state index in [0.717, 1.165) is 50.8 Å². The molecule has 0 bridgehead atoms. The van der Waals surface area contributed by atoms with Crippen LogP contribution < -0.4 is 5.32 Å². The SMILES string of the molecule is CCc1ccc(CN(C)C(=O)NCCCN2CCCCCC2=O)cc1. The van der Waals surface area contributed by atoms with Crippen LogP contribution in [0.1, 0.15) is 50.2 Å². The smallest absolute Gasteiger partial charge is 0.317 e. The second kappa shape index (κ2) is 10.1. The lowest BCUT2D eigenvalue weighted by Gasteiger charge is -2.21. The minimum absolute atomic E-state index is 0.0678. The molecule has 0 unspecified atom stereocenters. The molecule has 0 atom stereocenters. The molecule has 1 aromatic carbocycles. The number of nitrogens with zero attached hydrogens (tertiary/aromatic N) is 2. The number of rotatable bonds is 7. The topological polar surface area (TPSA) is 52.7 Å². The van der Waals surface area contributed by atoms with Gasteiger partial charge >= 0.3 is 6.03 Å². The Balaban J connectivity index is 1.67. The monoisotopic (exact) mass is 345 g/mol. The maximum atomic E-state index is 12.2. The highest BCUT2D eigenvalue weighted by Gasteiger charge is 2.16. The number of nitrogens with one attached hydrogen (secondary N) is 1. The Bertz CT molecular complexity index is 557. The zero-order valence-electron chi connectivity index (χ0n) is 15.6. The first-order valence-corrected chi connectivity index (χ1v) is 9.44. The number of carbonyl (C=O) groups is 2. The number of carbonyl (C=O) groups excluding carboxylic acids is 2. The van der Waals surface area contributed by atoms with Crippen LogP contribution in [0.5, 0.6) is 0 Å². The standard InChI is InChI=1S/C20H31N3O2/c1-3-17-9-11-18(12-10-17)16-22(2)20(25)21-13-7-15-23-14-6-4-5-8-19(23)24/h9-12H,3-8,13-16H2,1-2H3,(H,21,25). The molecule has 0 radical (unpaired) electrons. The van der Waals surface area contributed by atoms with Crippen LogP contribution in [-0.2, 0) is 17.8 Å². The van der Waals surface area contributed by atoms with Gasteiger partial charge in [0.2, 0.25) is 5.91 Å². The van der Waals surface area contributed by atoms with E-state index >= 15 is 0 Å². The van der Waals surface area contributed by atoms with Crippen molar-refractivity contribution < 1.29 is 9.59 Å². The molecule has 0 spiro atoms. The van der Waals surface area contributed by atoms with E-state index in [2.05, 4.69) is 36.5 Å². The van der Waals surface area contributed by atoms with Gasteiger partial charge in [0.05, 0.1) is 0 Å². The van der Waals surface area contributed by atoms with Gasteiger partial charge < -0.3 is 15.1 Å². The molecule has 0 aromatic heterocycles. The Hall–Kier alpha value is -2.04. The first-order chi connectivity index (χ1) is 12.1. The zero-order valence-corrected chi connectivity index (χ0v) is 15.6. The molecule has 1 fully saturated rings. The van der Waals surface area contributed by atoms with Gasteiger partial charge in [0.15, 0.2) is 0 Å². The van der Waals surface area contributed by atoms with Gasteiger partial charge in [-0.1, -0.05) is 37.6 Å². The fourth-order valence-corrected chi connectivity index (χ4v) is 3.10. The van der Waals surface area contributed by atoms with E-state index in [4.69, 9.17) is 0 Å². The van der Waals surface area contributed by atoms with E-state index in [1.54, 1.807) is 11.9 Å². The first kappa shape index (κ1) is 19.3. The maximum absolute atomic E-state index is 12.2. The van der Waals surface area contributed by atoms with Crippen LogP contribution in [0, 0.1) is 0 Å². The third-order valence-corrected chi connectivity index (χ3v) is 4.75. The Morgan fingerprint density at radius 1 is 1.16 bits per heavy atom. The zero-order chi connectivity index (χ0) is 18.1. The summed E-state index contributed by atoms with van der Waals surface area (Å²) in [4.78, 5) is 27.7. The summed E-state index contributed by atoms with van der Waals surface area (Å²) in [6, 6.07) is 8.31. The minimum Gasteiger partial charge on any atom is -0.343 e. The molecular formula is C20H31N3O2. The average Bonchev–Trinajstić information content (AvgIpc) is 2.83. The molecule has 1 aliphatic heterocycles. The van der Waals surface area contributed by atoms with Crippen molar-refractivity contribution in [3.05, 3.63) is 35.4 Å². The van der Waals surface area contributed by atoms with Crippen LogP contribution in [0.15, 0.2) is 24.3 Å². The Kier molecular flexibility index (Phi) is 7.76. The van der Waals surface area contributed by atoms with Gasteiger partial charge in [0.25, 0.3) is 0 Å². The number of hydrogen-bond donors (Lipinski definition) is 1. The summed E-state index contributed by atoms with van der Waals surface area (Å²) in [5, 5.41) is 2.94. The molecule has 0 aliphatic carbocycles. The highest BCUT2D eigenvalue weighted by Crippen LogP contribution is 2.11. The van der Waals surface area contributed by atoms with E-state index in [-0.39, 0.29) is 11.9 Å². The third-order valence-electron chi connectivity index (χ3n) is 4.75. The van der Waals surface area contributed by atoms with Gasteiger partial charge in [-0.05, 0) is 36.8 Å². The van der Waals surface area contributed by atoms with Gasteiger partial charge in [-0.3, -0.25) is 4.79 Å². The molecule has 3 amide bonds. The predicted molar refractivity (Wildman–Crippen MR) is 100 cm³/mol. The van der Waals surface area contributed by atoms with Gasteiger partial charge in [0, 0.05) is 39.6 Å². The van der Waals surface area contributed by atoms with E-state index in [1.807, 2.05) is 4.90 Å². The summed E-state index contributed by atoms with van der Waals surface area (Å²) in [6.07, 6.45) is 5.75. The molecular weight excluding hydrogens is 314 g/mol. The van der Waals surface area contributed by atoms with E-state index in [9.17, 15) is 9.59 Å². The number of aryl methyl sites for hydroxylation is 1. The van der Waals surface area contributed by atoms with Gasteiger partial charge in [0.1, 0.15) is 0 Å². The summed E-state index contributed by atoms with van der Waals surface area (Å²) < 4.78 is 0. The van der Waals surface area contributed by atoms with Gasteiger partial charge in [-0.15, -0.1) is 0 Å². The largest absolute Gasteiger partial charge is 0.343 e. The third kappa shape index (κ3) is 6.40. The highest BCUT2D eigenvalue weighted by atomic mass is 16.2. The van der Waals surface area contributed by atoms with Gasteiger partial charge in [-0.25, -0.2) is 4.79 Å². The van der Waals surface area contributed by atoms with Gasteiger partial charge in [-0.2, -0.15) is 0 Å². The number of benzene rings is 1. The molecule has 25 heavy (non-hydrogen) atoms. The van der Waals surface area contributed by atoms with Crippen LogP contribution in [0.25, 0.3) is 0 Å². The first-order valence-electron chi connectivity index (χ1n) is 9.44. The number of urea groups is 1. The molecule has 1 heterocycles. The minimum atomic E-state index is -0.0678. The molecule has 5 nitrogen and oxygen atoms in total. The predicted octanol–water partition coefficient (Wildman–Crippen LogP) is 3.18. The van der Waals surface area contributed by atoms with Crippen LogP contribution >= 0.6 is 0 Å². The Morgan fingerprint density at radius 3 is 2.60 bits per heavy atom. The number of hydrogen-bond acceptors (Lipinski definition) is 2. The molecule has 5 heteroatoms. The Labute approximate surface area is 151 Å². The quantitative estimate of drug-likeness (QED) is 0.772.